The molecule has 0 spiro atoms. The second-order valence-corrected chi connectivity index (χ2v) is 4.49. The van der Waals surface area contributed by atoms with Gasteiger partial charge >= 0.3 is 6.03 Å². The monoisotopic (exact) mass is 237 g/mol. The molecule has 2 heterocycles. The van der Waals surface area contributed by atoms with Crippen molar-refractivity contribution < 1.29 is 9.21 Å². The summed E-state index contributed by atoms with van der Waals surface area (Å²) in [6, 6.07) is 4.08. The van der Waals surface area contributed by atoms with Crippen molar-refractivity contribution in [3.63, 3.8) is 0 Å². The molecule has 5 nitrogen and oxygen atoms in total. The predicted molar refractivity (Wildman–Crippen MR) is 64.5 cm³/mol. The molecule has 1 aromatic rings. The van der Waals surface area contributed by atoms with Crippen LogP contribution in [0, 0.1) is 6.92 Å². The van der Waals surface area contributed by atoms with Crippen LogP contribution in [0.5, 0.6) is 0 Å². The maximum Gasteiger partial charge on any atom is 0.314 e. The van der Waals surface area contributed by atoms with Gasteiger partial charge in [-0.15, -0.1) is 0 Å². The first-order valence-corrected chi connectivity index (χ1v) is 5.98. The van der Waals surface area contributed by atoms with Crippen LogP contribution in [0.2, 0.25) is 0 Å². The Balaban J connectivity index is 1.73. The summed E-state index contributed by atoms with van der Waals surface area (Å²) in [5, 5.41) is 3.44. The van der Waals surface area contributed by atoms with E-state index in [1.54, 1.807) is 4.90 Å². The Kier molecular flexibility index (Phi) is 3.68. The Morgan fingerprint density at radius 2 is 2.24 bits per heavy atom. The maximum atomic E-state index is 11.0. The number of nitrogens with one attached hydrogen (secondary N) is 1. The summed E-state index contributed by atoms with van der Waals surface area (Å²) < 4.78 is 5.49. The topological polar surface area (TPSA) is 71.5 Å². The van der Waals surface area contributed by atoms with Gasteiger partial charge in [-0.2, -0.15) is 0 Å². The van der Waals surface area contributed by atoms with E-state index < -0.39 is 0 Å². The number of carbonyl (C=O) groups excluding carboxylic acids is 1. The molecular weight excluding hydrogens is 218 g/mol. The third-order valence-corrected chi connectivity index (χ3v) is 3.17. The number of nitrogens with zero attached hydrogens (tertiary/aromatic N) is 1. The maximum absolute atomic E-state index is 11.0. The lowest BCUT2D eigenvalue weighted by Gasteiger charge is -2.31. The lowest BCUT2D eigenvalue weighted by molar-refractivity contribution is 0.184. The SMILES string of the molecule is Cc1ccc(CNC2CCN(C(N)=O)CC2)o1. The summed E-state index contributed by atoms with van der Waals surface area (Å²) in [6.07, 6.45) is 1.89. The molecule has 0 unspecified atom stereocenters. The first-order chi connectivity index (χ1) is 8.15. The van der Waals surface area contributed by atoms with Gasteiger partial charge in [-0.25, -0.2) is 4.79 Å². The van der Waals surface area contributed by atoms with Crippen LogP contribution < -0.4 is 11.1 Å². The van der Waals surface area contributed by atoms with Crippen molar-refractivity contribution in [2.75, 3.05) is 13.1 Å². The van der Waals surface area contributed by atoms with E-state index in [1.807, 2.05) is 19.1 Å². The molecule has 1 aromatic heterocycles. The number of carbonyl (C=O) groups is 1. The quantitative estimate of drug-likeness (QED) is 0.830. The molecule has 2 amide bonds. The zero-order valence-corrected chi connectivity index (χ0v) is 10.1. The van der Waals surface area contributed by atoms with Gasteiger partial charge in [0.05, 0.1) is 6.54 Å². The standard InChI is InChI=1S/C12H19N3O2/c1-9-2-3-11(17-9)8-14-10-4-6-15(7-5-10)12(13)16/h2-3,10,14H,4-8H2,1H3,(H2,13,16). The van der Waals surface area contributed by atoms with E-state index >= 15 is 0 Å². The molecule has 17 heavy (non-hydrogen) atoms. The molecule has 0 aromatic carbocycles. The normalized spacial score (nSPS) is 17.4. The van der Waals surface area contributed by atoms with E-state index in [4.69, 9.17) is 10.2 Å². The minimum absolute atomic E-state index is 0.315. The average molecular weight is 237 g/mol. The molecule has 1 aliphatic rings. The van der Waals surface area contributed by atoms with Crippen LogP contribution in [0.3, 0.4) is 0 Å². The first kappa shape index (κ1) is 12.0. The van der Waals surface area contributed by atoms with E-state index in [1.165, 1.54) is 0 Å². The Morgan fingerprint density at radius 3 is 2.76 bits per heavy atom. The van der Waals surface area contributed by atoms with Crippen molar-refractivity contribution in [3.05, 3.63) is 23.7 Å². The number of primary amides is 1. The van der Waals surface area contributed by atoms with Crippen molar-refractivity contribution in [1.29, 1.82) is 0 Å². The lowest BCUT2D eigenvalue weighted by atomic mass is 10.1. The van der Waals surface area contributed by atoms with Crippen molar-refractivity contribution in [3.8, 4) is 0 Å². The summed E-state index contributed by atoms with van der Waals surface area (Å²) in [7, 11) is 0. The van der Waals surface area contributed by atoms with Gasteiger partial charge < -0.3 is 20.4 Å². The van der Waals surface area contributed by atoms with Gasteiger partial charge in [0, 0.05) is 19.1 Å². The number of rotatable bonds is 3. The fourth-order valence-corrected chi connectivity index (χ4v) is 2.13. The largest absolute Gasteiger partial charge is 0.465 e. The van der Waals surface area contributed by atoms with Gasteiger partial charge in [0.25, 0.3) is 0 Å². The van der Waals surface area contributed by atoms with Gasteiger partial charge in [0.15, 0.2) is 0 Å². The molecule has 3 N–H and O–H groups in total. The number of amides is 2. The Labute approximate surface area is 101 Å². The fraction of sp³-hybridized carbons (Fsp3) is 0.583. The van der Waals surface area contributed by atoms with E-state index in [2.05, 4.69) is 5.32 Å². The number of piperidine rings is 1. The smallest absolute Gasteiger partial charge is 0.314 e. The summed E-state index contributed by atoms with van der Waals surface area (Å²) >= 11 is 0. The van der Waals surface area contributed by atoms with Crippen molar-refractivity contribution in [2.24, 2.45) is 5.73 Å². The Morgan fingerprint density at radius 1 is 1.53 bits per heavy atom. The van der Waals surface area contributed by atoms with Crippen LogP contribution in [-0.4, -0.2) is 30.1 Å². The Hall–Kier alpha value is -1.49. The van der Waals surface area contributed by atoms with Crippen LogP contribution >= 0.6 is 0 Å². The number of hydrogen-bond donors (Lipinski definition) is 2. The van der Waals surface area contributed by atoms with Gasteiger partial charge in [0.2, 0.25) is 0 Å². The molecule has 0 aliphatic carbocycles. The Bertz CT molecular complexity index is 381. The van der Waals surface area contributed by atoms with E-state index in [0.717, 1.165) is 44.0 Å². The minimum atomic E-state index is -0.315. The summed E-state index contributed by atoms with van der Waals surface area (Å²) in [6.45, 7) is 4.16. The number of hydrogen-bond acceptors (Lipinski definition) is 3. The molecule has 0 radical (unpaired) electrons. The highest BCUT2D eigenvalue weighted by Gasteiger charge is 2.20. The summed E-state index contributed by atoms with van der Waals surface area (Å²) in [4.78, 5) is 12.6. The number of likely N-dealkylation sites (tertiary alicyclic amines) is 1. The van der Waals surface area contributed by atoms with Crippen LogP contribution in [0.15, 0.2) is 16.5 Å². The highest BCUT2D eigenvalue weighted by molar-refractivity contribution is 5.72. The molecular formula is C12H19N3O2. The van der Waals surface area contributed by atoms with Crippen LogP contribution in [0.4, 0.5) is 4.79 Å². The van der Waals surface area contributed by atoms with Crippen LogP contribution in [0.1, 0.15) is 24.4 Å². The highest BCUT2D eigenvalue weighted by Crippen LogP contribution is 2.12. The molecule has 1 aliphatic heterocycles. The lowest BCUT2D eigenvalue weighted by Crippen LogP contribution is -2.46. The zero-order chi connectivity index (χ0) is 12.3. The minimum Gasteiger partial charge on any atom is -0.465 e. The number of furan rings is 1. The number of aryl methyl sites for hydroxylation is 1. The van der Waals surface area contributed by atoms with Crippen LogP contribution in [0.25, 0.3) is 0 Å². The third-order valence-electron chi connectivity index (χ3n) is 3.17. The average Bonchev–Trinajstić information content (AvgIpc) is 2.73. The summed E-state index contributed by atoms with van der Waals surface area (Å²) in [5.41, 5.74) is 5.23. The van der Waals surface area contributed by atoms with Gasteiger partial charge in [-0.3, -0.25) is 0 Å². The first-order valence-electron chi connectivity index (χ1n) is 5.98. The molecule has 1 fully saturated rings. The van der Waals surface area contributed by atoms with E-state index in [-0.39, 0.29) is 6.03 Å². The molecule has 5 heteroatoms. The number of urea groups is 1. The molecule has 0 atom stereocenters. The predicted octanol–water partition coefficient (Wildman–Crippen LogP) is 1.22. The summed E-state index contributed by atoms with van der Waals surface area (Å²) in [5.74, 6) is 1.89. The second kappa shape index (κ2) is 5.23. The number of nitrogens with two attached hydrogens (primary N) is 1. The third kappa shape index (κ3) is 3.23. The van der Waals surface area contributed by atoms with Crippen molar-refractivity contribution >= 4 is 6.03 Å². The highest BCUT2D eigenvalue weighted by atomic mass is 16.3. The second-order valence-electron chi connectivity index (χ2n) is 4.49. The van der Waals surface area contributed by atoms with E-state index in [9.17, 15) is 4.79 Å². The molecule has 1 saturated heterocycles. The molecule has 2 rings (SSSR count). The fourth-order valence-electron chi connectivity index (χ4n) is 2.13. The van der Waals surface area contributed by atoms with Crippen molar-refractivity contribution in [2.45, 2.75) is 32.4 Å². The van der Waals surface area contributed by atoms with Crippen LogP contribution in [-0.2, 0) is 6.54 Å². The molecule has 0 saturated carbocycles. The molecule has 0 bridgehead atoms. The van der Waals surface area contributed by atoms with Gasteiger partial charge in [-0.05, 0) is 31.9 Å². The van der Waals surface area contributed by atoms with E-state index in [0.29, 0.717) is 6.04 Å². The van der Waals surface area contributed by atoms with Crippen molar-refractivity contribution in [1.82, 2.24) is 10.2 Å². The van der Waals surface area contributed by atoms with Gasteiger partial charge in [-0.1, -0.05) is 0 Å². The zero-order valence-electron chi connectivity index (χ0n) is 10.1. The van der Waals surface area contributed by atoms with Gasteiger partial charge in [0.1, 0.15) is 11.5 Å². The molecule has 94 valence electrons.